The lowest BCUT2D eigenvalue weighted by Crippen LogP contribution is -2.52. The Balaban J connectivity index is 2.08. The van der Waals surface area contributed by atoms with E-state index in [2.05, 4.69) is 22.4 Å². The topological polar surface area (TPSA) is 67.5 Å². The number of amides is 1. The van der Waals surface area contributed by atoms with Gasteiger partial charge in [-0.15, -0.1) is 0 Å². The van der Waals surface area contributed by atoms with Crippen LogP contribution in [0.25, 0.3) is 0 Å². The molecule has 2 rings (SSSR count). The number of thioether (sulfide) groups is 1. The molecule has 1 heterocycles. The molecule has 0 fully saturated rings. The number of primary amides is 1. The van der Waals surface area contributed by atoms with Crippen molar-refractivity contribution in [1.82, 2.24) is 5.32 Å². The molecule has 1 aromatic rings. The van der Waals surface area contributed by atoms with Crippen LogP contribution in [-0.2, 0) is 4.79 Å². The van der Waals surface area contributed by atoms with Gasteiger partial charge in [-0.2, -0.15) is 0 Å². The normalized spacial score (nSPS) is 19.4. The van der Waals surface area contributed by atoms with E-state index >= 15 is 0 Å². The zero-order chi connectivity index (χ0) is 13.2. The number of aliphatic imine (C=N–C) groups is 1. The van der Waals surface area contributed by atoms with Gasteiger partial charge >= 0.3 is 0 Å². The molecule has 0 saturated heterocycles. The van der Waals surface area contributed by atoms with Gasteiger partial charge in [-0.1, -0.05) is 42.1 Å². The van der Waals surface area contributed by atoms with Crippen molar-refractivity contribution in [3.05, 3.63) is 35.9 Å². The minimum absolute atomic E-state index is 0.155. The number of rotatable bonds is 3. The summed E-state index contributed by atoms with van der Waals surface area (Å²) in [6.07, 6.45) is 0. The lowest BCUT2D eigenvalue weighted by atomic mass is 10.1. The molecule has 0 radical (unpaired) electrons. The van der Waals surface area contributed by atoms with Gasteiger partial charge in [0.15, 0.2) is 5.17 Å². The number of carbonyl (C=O) groups is 1. The highest BCUT2D eigenvalue weighted by Crippen LogP contribution is 2.29. The number of nitrogens with one attached hydrogen (secondary N) is 1. The van der Waals surface area contributed by atoms with Gasteiger partial charge in [0.1, 0.15) is 5.54 Å². The highest BCUT2D eigenvalue weighted by Gasteiger charge is 2.29. The van der Waals surface area contributed by atoms with E-state index in [9.17, 15) is 4.79 Å². The molecule has 1 unspecified atom stereocenters. The Kier molecular flexibility index (Phi) is 3.61. The van der Waals surface area contributed by atoms with Crippen LogP contribution in [0.5, 0.6) is 0 Å². The van der Waals surface area contributed by atoms with Crippen LogP contribution in [0.1, 0.15) is 25.5 Å². The number of amidine groups is 1. The molecule has 0 saturated carbocycles. The zero-order valence-electron chi connectivity index (χ0n) is 10.5. The Morgan fingerprint density at radius 3 is 2.72 bits per heavy atom. The van der Waals surface area contributed by atoms with E-state index in [4.69, 9.17) is 5.73 Å². The SMILES string of the molecule is CC(C)(NC1=NC(c2ccccc2)CS1)C(N)=O. The van der Waals surface area contributed by atoms with Gasteiger partial charge in [-0.05, 0) is 19.4 Å². The van der Waals surface area contributed by atoms with Crippen LogP contribution in [0.3, 0.4) is 0 Å². The van der Waals surface area contributed by atoms with Gasteiger partial charge in [0.2, 0.25) is 5.91 Å². The van der Waals surface area contributed by atoms with Gasteiger partial charge in [-0.3, -0.25) is 9.79 Å². The maximum Gasteiger partial charge on any atom is 0.242 e. The summed E-state index contributed by atoms with van der Waals surface area (Å²) in [6, 6.07) is 10.3. The molecule has 18 heavy (non-hydrogen) atoms. The summed E-state index contributed by atoms with van der Waals surface area (Å²) in [4.78, 5) is 15.8. The average Bonchev–Trinajstić information content (AvgIpc) is 2.78. The van der Waals surface area contributed by atoms with Crippen molar-refractivity contribution in [3.63, 3.8) is 0 Å². The van der Waals surface area contributed by atoms with E-state index in [1.54, 1.807) is 25.6 Å². The molecule has 0 aliphatic carbocycles. The summed E-state index contributed by atoms with van der Waals surface area (Å²) in [6.45, 7) is 3.52. The van der Waals surface area contributed by atoms with Gasteiger partial charge in [0, 0.05) is 5.75 Å². The van der Waals surface area contributed by atoms with Gasteiger partial charge in [0.05, 0.1) is 6.04 Å². The van der Waals surface area contributed by atoms with E-state index in [0.29, 0.717) is 0 Å². The first kappa shape index (κ1) is 13.0. The number of hydrogen-bond acceptors (Lipinski definition) is 4. The minimum atomic E-state index is -0.766. The summed E-state index contributed by atoms with van der Waals surface area (Å²) >= 11 is 1.62. The van der Waals surface area contributed by atoms with Crippen molar-refractivity contribution in [3.8, 4) is 0 Å². The minimum Gasteiger partial charge on any atom is -0.368 e. The van der Waals surface area contributed by atoms with Crippen LogP contribution < -0.4 is 11.1 Å². The number of carbonyl (C=O) groups excluding carboxylic acids is 1. The Morgan fingerprint density at radius 2 is 2.11 bits per heavy atom. The van der Waals surface area contributed by atoms with Crippen LogP contribution in [0.15, 0.2) is 35.3 Å². The van der Waals surface area contributed by atoms with Crippen molar-refractivity contribution in [1.29, 1.82) is 0 Å². The molecule has 0 bridgehead atoms. The predicted molar refractivity (Wildman–Crippen MR) is 75.5 cm³/mol. The monoisotopic (exact) mass is 263 g/mol. The first-order valence-electron chi connectivity index (χ1n) is 5.83. The lowest BCUT2D eigenvalue weighted by molar-refractivity contribution is -0.122. The molecular formula is C13H17N3OS. The summed E-state index contributed by atoms with van der Waals surface area (Å²) in [5, 5.41) is 3.88. The molecular weight excluding hydrogens is 246 g/mol. The first-order valence-corrected chi connectivity index (χ1v) is 6.81. The van der Waals surface area contributed by atoms with Crippen LogP contribution in [0.4, 0.5) is 0 Å². The molecule has 1 aliphatic heterocycles. The summed E-state index contributed by atoms with van der Waals surface area (Å²) < 4.78 is 0. The molecule has 1 aliphatic rings. The van der Waals surface area contributed by atoms with E-state index in [-0.39, 0.29) is 11.9 Å². The van der Waals surface area contributed by atoms with Gasteiger partial charge in [-0.25, -0.2) is 0 Å². The Morgan fingerprint density at radius 1 is 1.44 bits per heavy atom. The van der Waals surface area contributed by atoms with Crippen molar-refractivity contribution in [2.24, 2.45) is 10.7 Å². The van der Waals surface area contributed by atoms with Crippen molar-refractivity contribution in [2.75, 3.05) is 5.75 Å². The zero-order valence-corrected chi connectivity index (χ0v) is 11.3. The molecule has 4 nitrogen and oxygen atoms in total. The Labute approximate surface area is 111 Å². The van der Waals surface area contributed by atoms with E-state index in [1.807, 2.05) is 18.2 Å². The predicted octanol–water partition coefficient (Wildman–Crippen LogP) is 1.68. The van der Waals surface area contributed by atoms with Crippen molar-refractivity contribution >= 4 is 22.8 Å². The first-order chi connectivity index (χ1) is 8.49. The van der Waals surface area contributed by atoms with Gasteiger partial charge < -0.3 is 11.1 Å². The molecule has 1 atom stereocenters. The fourth-order valence-corrected chi connectivity index (χ4v) is 2.73. The largest absolute Gasteiger partial charge is 0.368 e. The fourth-order valence-electron chi connectivity index (χ4n) is 1.62. The third kappa shape index (κ3) is 2.85. The van der Waals surface area contributed by atoms with Crippen molar-refractivity contribution < 1.29 is 4.79 Å². The molecule has 3 N–H and O–H groups in total. The second-order valence-electron chi connectivity index (χ2n) is 4.79. The average molecular weight is 263 g/mol. The summed E-state index contributed by atoms with van der Waals surface area (Å²) in [5.74, 6) is 0.509. The number of benzene rings is 1. The third-order valence-corrected chi connectivity index (χ3v) is 3.83. The third-order valence-electron chi connectivity index (χ3n) is 2.87. The maximum atomic E-state index is 11.3. The van der Waals surface area contributed by atoms with E-state index in [0.717, 1.165) is 10.9 Å². The maximum absolute atomic E-state index is 11.3. The molecule has 5 heteroatoms. The van der Waals surface area contributed by atoms with E-state index < -0.39 is 5.54 Å². The standard InChI is InChI=1S/C13H17N3OS/c1-13(2,11(14)17)16-12-15-10(8-18-12)9-6-4-3-5-7-9/h3-7,10H,8H2,1-2H3,(H2,14,17)(H,15,16). The Bertz CT molecular complexity index is 470. The van der Waals surface area contributed by atoms with Crippen molar-refractivity contribution in [2.45, 2.75) is 25.4 Å². The number of nitrogens with two attached hydrogens (primary N) is 1. The Hall–Kier alpha value is -1.49. The molecule has 1 amide bonds. The summed E-state index contributed by atoms with van der Waals surface area (Å²) in [5.41, 5.74) is 5.76. The highest BCUT2D eigenvalue weighted by molar-refractivity contribution is 8.14. The molecule has 1 aromatic carbocycles. The van der Waals surface area contributed by atoms with Crippen LogP contribution in [0, 0.1) is 0 Å². The second kappa shape index (κ2) is 5.02. The molecule has 0 spiro atoms. The van der Waals surface area contributed by atoms with Crippen LogP contribution >= 0.6 is 11.8 Å². The van der Waals surface area contributed by atoms with E-state index in [1.165, 1.54) is 5.56 Å². The number of nitrogens with zero attached hydrogens (tertiary/aromatic N) is 1. The van der Waals surface area contributed by atoms with Crippen LogP contribution in [0.2, 0.25) is 0 Å². The van der Waals surface area contributed by atoms with Gasteiger partial charge in [0.25, 0.3) is 0 Å². The number of hydrogen-bond donors (Lipinski definition) is 2. The van der Waals surface area contributed by atoms with Crippen LogP contribution in [-0.4, -0.2) is 22.4 Å². The molecule has 0 aromatic heterocycles. The summed E-state index contributed by atoms with van der Waals surface area (Å²) in [7, 11) is 0. The highest BCUT2D eigenvalue weighted by atomic mass is 32.2. The quantitative estimate of drug-likeness (QED) is 0.872. The molecule has 96 valence electrons. The second-order valence-corrected chi connectivity index (χ2v) is 5.79. The fraction of sp³-hybridized carbons (Fsp3) is 0.385. The smallest absolute Gasteiger partial charge is 0.242 e. The lowest BCUT2D eigenvalue weighted by Gasteiger charge is -2.22.